The molecule has 0 saturated heterocycles. The molecule has 0 radical (unpaired) electrons. The summed E-state index contributed by atoms with van der Waals surface area (Å²) >= 11 is 1.33. The molecule has 1 heterocycles. The Kier molecular flexibility index (Phi) is 5.23. The Balaban J connectivity index is 1.78. The molecule has 0 atom stereocenters. The van der Waals surface area contributed by atoms with Gasteiger partial charge in [0.1, 0.15) is 10.6 Å². The number of aryl methyl sites for hydroxylation is 3. The van der Waals surface area contributed by atoms with Gasteiger partial charge in [-0.1, -0.05) is 29.5 Å². The smallest absolute Gasteiger partial charge is 0.267 e. The van der Waals surface area contributed by atoms with E-state index in [0.29, 0.717) is 15.7 Å². The molecule has 1 amide bonds. The minimum absolute atomic E-state index is 0.146. The molecule has 26 heavy (non-hydrogen) atoms. The Morgan fingerprint density at radius 1 is 1.12 bits per heavy atom. The van der Waals surface area contributed by atoms with Crippen LogP contribution in [0.25, 0.3) is 0 Å². The molecule has 2 N–H and O–H groups in total. The minimum atomic E-state index is -0.146. The molecule has 3 aromatic rings. The van der Waals surface area contributed by atoms with Crippen molar-refractivity contribution in [2.24, 2.45) is 0 Å². The number of benzene rings is 2. The largest absolute Gasteiger partial charge is 0.497 e. The molecule has 0 spiro atoms. The number of amides is 1. The molecule has 0 saturated carbocycles. The zero-order chi connectivity index (χ0) is 18.7. The zero-order valence-electron chi connectivity index (χ0n) is 15.2. The van der Waals surface area contributed by atoms with Gasteiger partial charge in [-0.3, -0.25) is 4.79 Å². The van der Waals surface area contributed by atoms with Crippen molar-refractivity contribution in [2.45, 2.75) is 20.8 Å². The minimum Gasteiger partial charge on any atom is -0.497 e. The van der Waals surface area contributed by atoms with Gasteiger partial charge in [-0.05, 0) is 50.1 Å². The first-order valence-corrected chi connectivity index (χ1v) is 9.05. The standard InChI is InChI=1S/C20H21N3O2S/c1-12-8-9-13(2)17(10-12)23-19(24)18-14(3)21-20(26-18)22-15-6-5-7-16(11-15)25-4/h5-11H,1-4H3,(H,21,22)(H,23,24). The van der Waals surface area contributed by atoms with Crippen LogP contribution in [0.2, 0.25) is 0 Å². The van der Waals surface area contributed by atoms with Crippen molar-refractivity contribution in [3.05, 3.63) is 64.2 Å². The van der Waals surface area contributed by atoms with Gasteiger partial charge in [-0.2, -0.15) is 0 Å². The quantitative estimate of drug-likeness (QED) is 0.661. The van der Waals surface area contributed by atoms with Crippen molar-refractivity contribution >= 4 is 33.8 Å². The molecule has 6 heteroatoms. The van der Waals surface area contributed by atoms with E-state index in [-0.39, 0.29) is 5.91 Å². The van der Waals surface area contributed by atoms with Crippen molar-refractivity contribution in [1.82, 2.24) is 4.98 Å². The number of ether oxygens (including phenoxy) is 1. The second kappa shape index (κ2) is 7.58. The van der Waals surface area contributed by atoms with E-state index in [4.69, 9.17) is 4.74 Å². The normalized spacial score (nSPS) is 10.5. The highest BCUT2D eigenvalue weighted by Gasteiger charge is 2.16. The molecule has 5 nitrogen and oxygen atoms in total. The Morgan fingerprint density at radius 3 is 2.69 bits per heavy atom. The topological polar surface area (TPSA) is 63.2 Å². The summed E-state index contributed by atoms with van der Waals surface area (Å²) in [5.41, 5.74) is 4.51. The molecular formula is C20H21N3O2S. The zero-order valence-corrected chi connectivity index (χ0v) is 16.0. The van der Waals surface area contributed by atoms with Gasteiger partial charge in [-0.15, -0.1) is 0 Å². The molecule has 0 aliphatic rings. The summed E-state index contributed by atoms with van der Waals surface area (Å²) in [5.74, 6) is 0.614. The summed E-state index contributed by atoms with van der Waals surface area (Å²) in [7, 11) is 1.63. The molecule has 0 unspecified atom stereocenters. The van der Waals surface area contributed by atoms with Gasteiger partial charge in [0.2, 0.25) is 0 Å². The maximum Gasteiger partial charge on any atom is 0.267 e. The average molecular weight is 367 g/mol. The van der Waals surface area contributed by atoms with E-state index in [1.54, 1.807) is 7.11 Å². The fraction of sp³-hybridized carbons (Fsp3) is 0.200. The number of aromatic nitrogens is 1. The number of nitrogens with zero attached hydrogens (tertiary/aromatic N) is 1. The Labute approximate surface area is 157 Å². The highest BCUT2D eigenvalue weighted by Crippen LogP contribution is 2.28. The summed E-state index contributed by atoms with van der Waals surface area (Å²) in [6.45, 7) is 5.82. The molecule has 0 bridgehead atoms. The van der Waals surface area contributed by atoms with E-state index < -0.39 is 0 Å². The fourth-order valence-corrected chi connectivity index (χ4v) is 3.42. The number of hydrogen-bond acceptors (Lipinski definition) is 5. The van der Waals surface area contributed by atoms with Crippen LogP contribution >= 0.6 is 11.3 Å². The lowest BCUT2D eigenvalue weighted by atomic mass is 10.1. The third kappa shape index (κ3) is 4.03. The number of hydrogen-bond donors (Lipinski definition) is 2. The fourth-order valence-electron chi connectivity index (χ4n) is 2.53. The van der Waals surface area contributed by atoms with Crippen molar-refractivity contribution in [3.8, 4) is 5.75 Å². The molecule has 1 aromatic heterocycles. The van der Waals surface area contributed by atoms with Crippen molar-refractivity contribution in [1.29, 1.82) is 0 Å². The molecule has 0 fully saturated rings. The van der Waals surface area contributed by atoms with E-state index in [1.807, 2.05) is 63.2 Å². The van der Waals surface area contributed by atoms with Gasteiger partial charge in [0.25, 0.3) is 5.91 Å². The number of nitrogens with one attached hydrogen (secondary N) is 2. The third-order valence-electron chi connectivity index (χ3n) is 3.97. The van der Waals surface area contributed by atoms with E-state index in [9.17, 15) is 4.79 Å². The summed E-state index contributed by atoms with van der Waals surface area (Å²) in [6, 6.07) is 13.6. The van der Waals surface area contributed by atoms with Crippen molar-refractivity contribution in [2.75, 3.05) is 17.7 Å². The summed E-state index contributed by atoms with van der Waals surface area (Å²) < 4.78 is 5.23. The Hall–Kier alpha value is -2.86. The van der Waals surface area contributed by atoms with Gasteiger partial charge in [0, 0.05) is 17.4 Å². The second-order valence-corrected chi connectivity index (χ2v) is 7.06. The van der Waals surface area contributed by atoms with Crippen LogP contribution in [0.4, 0.5) is 16.5 Å². The third-order valence-corrected chi connectivity index (χ3v) is 5.04. The molecular weight excluding hydrogens is 346 g/mol. The van der Waals surface area contributed by atoms with Crippen molar-refractivity contribution in [3.63, 3.8) is 0 Å². The van der Waals surface area contributed by atoms with Crippen LogP contribution < -0.4 is 15.4 Å². The highest BCUT2D eigenvalue weighted by atomic mass is 32.1. The van der Waals surface area contributed by atoms with Crippen LogP contribution in [0.15, 0.2) is 42.5 Å². The van der Waals surface area contributed by atoms with Crippen molar-refractivity contribution < 1.29 is 9.53 Å². The average Bonchev–Trinajstić information content (AvgIpc) is 2.98. The van der Waals surface area contributed by atoms with Crippen LogP contribution in [0.5, 0.6) is 5.75 Å². The first kappa shape index (κ1) is 17.9. The number of carbonyl (C=O) groups excluding carboxylic acids is 1. The maximum absolute atomic E-state index is 12.7. The first-order chi connectivity index (χ1) is 12.5. The van der Waals surface area contributed by atoms with Crippen LogP contribution in [0, 0.1) is 20.8 Å². The van der Waals surface area contributed by atoms with E-state index >= 15 is 0 Å². The summed E-state index contributed by atoms with van der Waals surface area (Å²) in [4.78, 5) is 17.7. The monoisotopic (exact) mass is 367 g/mol. The lowest BCUT2D eigenvalue weighted by Gasteiger charge is -2.08. The van der Waals surface area contributed by atoms with Gasteiger partial charge < -0.3 is 15.4 Å². The first-order valence-electron chi connectivity index (χ1n) is 8.23. The van der Waals surface area contributed by atoms with Gasteiger partial charge in [0.05, 0.1) is 12.8 Å². The molecule has 0 aliphatic heterocycles. The molecule has 134 valence electrons. The second-order valence-electron chi connectivity index (χ2n) is 6.06. The SMILES string of the molecule is COc1cccc(Nc2nc(C)c(C(=O)Nc3cc(C)ccc3C)s2)c1. The van der Waals surface area contributed by atoms with Crippen LogP contribution in [-0.4, -0.2) is 18.0 Å². The van der Waals surface area contributed by atoms with E-state index in [0.717, 1.165) is 28.3 Å². The molecule has 2 aromatic carbocycles. The molecule has 3 rings (SSSR count). The predicted octanol–water partition coefficient (Wildman–Crippen LogP) is 5.07. The van der Waals surface area contributed by atoms with Gasteiger partial charge in [0.15, 0.2) is 5.13 Å². The van der Waals surface area contributed by atoms with Gasteiger partial charge >= 0.3 is 0 Å². The number of rotatable bonds is 5. The number of anilines is 3. The van der Waals surface area contributed by atoms with Gasteiger partial charge in [-0.25, -0.2) is 4.98 Å². The predicted molar refractivity (Wildman–Crippen MR) is 107 cm³/mol. The number of carbonyl (C=O) groups is 1. The lowest BCUT2D eigenvalue weighted by molar-refractivity contribution is 0.102. The number of methoxy groups -OCH3 is 1. The lowest BCUT2D eigenvalue weighted by Crippen LogP contribution is -2.12. The molecule has 0 aliphatic carbocycles. The maximum atomic E-state index is 12.7. The summed E-state index contributed by atoms with van der Waals surface area (Å²) in [5, 5.41) is 6.88. The van der Waals surface area contributed by atoms with Crippen LogP contribution in [0.1, 0.15) is 26.5 Å². The number of thiazole rings is 1. The Morgan fingerprint density at radius 2 is 1.92 bits per heavy atom. The van der Waals surface area contributed by atoms with Crippen LogP contribution in [0.3, 0.4) is 0 Å². The van der Waals surface area contributed by atoms with E-state index in [1.165, 1.54) is 11.3 Å². The Bertz CT molecular complexity index is 950. The van der Waals surface area contributed by atoms with Crippen LogP contribution in [-0.2, 0) is 0 Å². The highest BCUT2D eigenvalue weighted by molar-refractivity contribution is 7.17. The summed E-state index contributed by atoms with van der Waals surface area (Å²) in [6.07, 6.45) is 0. The van der Waals surface area contributed by atoms with E-state index in [2.05, 4.69) is 15.6 Å².